The van der Waals surface area contributed by atoms with Gasteiger partial charge in [0.05, 0.1) is 11.3 Å². The smallest absolute Gasteiger partial charge is 0.229 e. The highest BCUT2D eigenvalue weighted by molar-refractivity contribution is 6.01. The SMILES string of the molecule is Cc1ccc(C)c(-c2cc(C(C)(C)C)cc3oc(-c4ccccc4N=Cc4cccc5ccccc45)nc23)c1. The van der Waals surface area contributed by atoms with E-state index in [1.807, 2.05) is 30.5 Å². The molecular weight excluding hydrogens is 476 g/mol. The van der Waals surface area contributed by atoms with Gasteiger partial charge in [-0.2, -0.15) is 0 Å². The van der Waals surface area contributed by atoms with E-state index in [1.54, 1.807) is 0 Å². The van der Waals surface area contributed by atoms with Gasteiger partial charge >= 0.3 is 0 Å². The first-order valence-electron chi connectivity index (χ1n) is 13.4. The van der Waals surface area contributed by atoms with E-state index < -0.39 is 0 Å². The molecule has 0 aliphatic heterocycles. The van der Waals surface area contributed by atoms with Crippen LogP contribution in [-0.4, -0.2) is 11.2 Å². The minimum Gasteiger partial charge on any atom is -0.436 e. The summed E-state index contributed by atoms with van der Waals surface area (Å²) in [5, 5.41) is 2.37. The Labute approximate surface area is 229 Å². The largest absolute Gasteiger partial charge is 0.436 e. The van der Waals surface area contributed by atoms with E-state index >= 15 is 0 Å². The van der Waals surface area contributed by atoms with Gasteiger partial charge in [-0.1, -0.05) is 99.1 Å². The molecule has 3 nitrogen and oxygen atoms in total. The average molecular weight is 509 g/mol. The van der Waals surface area contributed by atoms with Crippen LogP contribution in [-0.2, 0) is 5.41 Å². The first-order chi connectivity index (χ1) is 18.8. The Morgan fingerprint density at radius 2 is 1.51 bits per heavy atom. The maximum absolute atomic E-state index is 6.50. The molecule has 0 saturated heterocycles. The second-order valence-electron chi connectivity index (χ2n) is 11.3. The fourth-order valence-corrected chi connectivity index (χ4v) is 5.08. The van der Waals surface area contributed by atoms with Gasteiger partial charge in [-0.05, 0) is 71.0 Å². The van der Waals surface area contributed by atoms with E-state index in [4.69, 9.17) is 14.4 Å². The Morgan fingerprint density at radius 3 is 2.36 bits per heavy atom. The van der Waals surface area contributed by atoms with E-state index in [-0.39, 0.29) is 5.41 Å². The average Bonchev–Trinajstić information content (AvgIpc) is 3.37. The molecule has 3 heteroatoms. The summed E-state index contributed by atoms with van der Waals surface area (Å²) in [4.78, 5) is 9.99. The van der Waals surface area contributed by atoms with Crippen LogP contribution in [0.4, 0.5) is 5.69 Å². The summed E-state index contributed by atoms with van der Waals surface area (Å²) in [5.41, 5.74) is 10.4. The second-order valence-corrected chi connectivity index (χ2v) is 11.3. The number of nitrogens with zero attached hydrogens (tertiary/aromatic N) is 2. The molecule has 1 aromatic heterocycles. The molecule has 0 aliphatic rings. The van der Waals surface area contributed by atoms with Crippen LogP contribution < -0.4 is 0 Å². The molecule has 0 fully saturated rings. The van der Waals surface area contributed by atoms with E-state index in [2.05, 4.69) is 107 Å². The van der Waals surface area contributed by atoms with Crippen LogP contribution >= 0.6 is 0 Å². The lowest BCUT2D eigenvalue weighted by molar-refractivity contribution is 0.584. The molecule has 0 unspecified atom stereocenters. The highest BCUT2D eigenvalue weighted by Gasteiger charge is 2.22. The van der Waals surface area contributed by atoms with Crippen molar-refractivity contribution in [3.8, 4) is 22.6 Å². The monoisotopic (exact) mass is 508 g/mol. The number of aromatic nitrogens is 1. The molecule has 0 amide bonds. The van der Waals surface area contributed by atoms with Crippen LogP contribution in [0, 0.1) is 13.8 Å². The molecule has 192 valence electrons. The van der Waals surface area contributed by atoms with Gasteiger partial charge in [-0.15, -0.1) is 0 Å². The van der Waals surface area contributed by atoms with Crippen LogP contribution in [0.3, 0.4) is 0 Å². The van der Waals surface area contributed by atoms with E-state index in [9.17, 15) is 0 Å². The minimum absolute atomic E-state index is 0.0335. The molecular formula is C36H32N2O. The summed E-state index contributed by atoms with van der Waals surface area (Å²) in [5.74, 6) is 0.577. The van der Waals surface area contributed by atoms with Crippen LogP contribution in [0.1, 0.15) is 43.0 Å². The number of benzene rings is 5. The number of rotatable bonds is 4. The summed E-state index contributed by atoms with van der Waals surface area (Å²) in [7, 11) is 0. The van der Waals surface area contributed by atoms with Gasteiger partial charge in [0, 0.05) is 17.3 Å². The van der Waals surface area contributed by atoms with Gasteiger partial charge in [0.25, 0.3) is 0 Å². The van der Waals surface area contributed by atoms with Gasteiger partial charge in [-0.3, -0.25) is 4.99 Å². The zero-order valence-corrected chi connectivity index (χ0v) is 23.1. The number of oxazole rings is 1. The highest BCUT2D eigenvalue weighted by atomic mass is 16.3. The molecule has 5 aromatic carbocycles. The molecule has 0 saturated carbocycles. The van der Waals surface area contributed by atoms with Crippen molar-refractivity contribution in [2.24, 2.45) is 4.99 Å². The van der Waals surface area contributed by atoms with Gasteiger partial charge in [0.15, 0.2) is 5.58 Å². The number of aryl methyl sites for hydroxylation is 2. The summed E-state index contributed by atoms with van der Waals surface area (Å²) in [6.45, 7) is 11.0. The normalized spacial score (nSPS) is 12.1. The van der Waals surface area contributed by atoms with Crippen molar-refractivity contribution >= 4 is 33.8 Å². The van der Waals surface area contributed by atoms with Gasteiger partial charge < -0.3 is 4.42 Å². The molecule has 0 spiro atoms. The third kappa shape index (κ3) is 4.77. The summed E-state index contributed by atoms with van der Waals surface area (Å²) < 4.78 is 6.50. The minimum atomic E-state index is -0.0335. The lowest BCUT2D eigenvalue weighted by atomic mass is 9.84. The number of para-hydroxylation sites is 1. The first kappa shape index (κ1) is 24.8. The van der Waals surface area contributed by atoms with Gasteiger partial charge in [-0.25, -0.2) is 4.98 Å². The van der Waals surface area contributed by atoms with Crippen molar-refractivity contribution in [3.63, 3.8) is 0 Å². The zero-order chi connectivity index (χ0) is 27.1. The molecule has 0 atom stereocenters. The highest BCUT2D eigenvalue weighted by Crippen LogP contribution is 2.39. The fraction of sp³-hybridized carbons (Fsp3) is 0.167. The van der Waals surface area contributed by atoms with Crippen LogP contribution in [0.5, 0.6) is 0 Å². The van der Waals surface area contributed by atoms with Crippen LogP contribution in [0.15, 0.2) is 106 Å². The molecule has 6 rings (SSSR count). The maximum atomic E-state index is 6.50. The van der Waals surface area contributed by atoms with Crippen molar-refractivity contribution < 1.29 is 4.42 Å². The van der Waals surface area contributed by atoms with Crippen molar-refractivity contribution in [2.75, 3.05) is 0 Å². The zero-order valence-electron chi connectivity index (χ0n) is 23.1. The predicted molar refractivity (Wildman–Crippen MR) is 164 cm³/mol. The molecule has 0 N–H and O–H groups in total. The number of fused-ring (bicyclic) bond motifs is 2. The lowest BCUT2D eigenvalue weighted by Crippen LogP contribution is -2.11. The number of hydrogen-bond acceptors (Lipinski definition) is 3. The van der Waals surface area contributed by atoms with Crippen molar-refractivity contribution in [1.82, 2.24) is 4.98 Å². The lowest BCUT2D eigenvalue weighted by Gasteiger charge is -2.20. The Balaban J connectivity index is 1.51. The standard InChI is InChI=1S/C36H32N2O/c1-23-17-18-24(2)30(19-23)31-20-27(36(3,4)5)21-33-34(31)38-35(39-33)29-15-8-9-16-32(29)37-22-26-13-10-12-25-11-6-7-14-28(25)26/h6-22H,1-5H3. The van der Waals surface area contributed by atoms with E-state index in [0.717, 1.165) is 33.5 Å². The Hall–Kier alpha value is -4.50. The molecule has 0 radical (unpaired) electrons. The summed E-state index contributed by atoms with van der Waals surface area (Å²) in [6, 6.07) is 33.7. The van der Waals surface area contributed by atoms with Crippen molar-refractivity contribution in [3.05, 3.63) is 119 Å². The van der Waals surface area contributed by atoms with Gasteiger partial charge in [0.2, 0.25) is 5.89 Å². The van der Waals surface area contributed by atoms with Crippen molar-refractivity contribution in [1.29, 1.82) is 0 Å². The molecule has 6 aromatic rings. The first-order valence-corrected chi connectivity index (χ1v) is 13.4. The van der Waals surface area contributed by atoms with Crippen molar-refractivity contribution in [2.45, 2.75) is 40.0 Å². The van der Waals surface area contributed by atoms with E-state index in [0.29, 0.717) is 5.89 Å². The predicted octanol–water partition coefficient (Wildman–Crippen LogP) is 9.98. The fourth-order valence-electron chi connectivity index (χ4n) is 5.08. The Kier molecular flexibility index (Phi) is 6.15. The van der Waals surface area contributed by atoms with E-state index in [1.165, 1.54) is 33.0 Å². The quantitative estimate of drug-likeness (QED) is 0.222. The van der Waals surface area contributed by atoms with Crippen LogP contribution in [0.25, 0.3) is 44.5 Å². The molecule has 1 heterocycles. The number of hydrogen-bond donors (Lipinski definition) is 0. The Morgan fingerprint density at radius 1 is 0.744 bits per heavy atom. The second kappa shape index (κ2) is 9.67. The molecule has 39 heavy (non-hydrogen) atoms. The maximum Gasteiger partial charge on any atom is 0.229 e. The van der Waals surface area contributed by atoms with Gasteiger partial charge in [0.1, 0.15) is 5.52 Å². The molecule has 0 bridgehead atoms. The summed E-state index contributed by atoms with van der Waals surface area (Å²) >= 11 is 0. The van der Waals surface area contributed by atoms with Crippen LogP contribution in [0.2, 0.25) is 0 Å². The third-order valence-corrected chi connectivity index (χ3v) is 7.34. The molecule has 0 aliphatic carbocycles. The topological polar surface area (TPSA) is 38.4 Å². The number of aliphatic imine (C=N–C) groups is 1. The Bertz CT molecular complexity index is 1860. The third-order valence-electron chi connectivity index (χ3n) is 7.34. The summed E-state index contributed by atoms with van der Waals surface area (Å²) in [6.07, 6.45) is 1.93.